The fourth-order valence-electron chi connectivity index (χ4n) is 2.16. The van der Waals surface area contributed by atoms with Crippen LogP contribution in [-0.4, -0.2) is 41.2 Å². The topological polar surface area (TPSA) is 62.5 Å². The molecule has 20 heavy (non-hydrogen) atoms. The third-order valence-electron chi connectivity index (χ3n) is 3.25. The Morgan fingerprint density at radius 1 is 1.35 bits per heavy atom. The first-order chi connectivity index (χ1) is 9.40. The Bertz CT molecular complexity index is 717. The van der Waals surface area contributed by atoms with E-state index < -0.39 is 11.4 Å². The van der Waals surface area contributed by atoms with Crippen LogP contribution < -0.4 is 5.43 Å². The molecule has 0 aliphatic carbocycles. The molecule has 0 radical (unpaired) electrons. The monoisotopic (exact) mass is 274 g/mol. The highest BCUT2D eigenvalue weighted by atomic mass is 16.4. The fourth-order valence-corrected chi connectivity index (χ4v) is 2.16. The SMILES string of the molecule is Cc1ccc2c(c1)c(=O)c(C(=O)O)cn2CCN(C)C. The molecule has 2 rings (SSSR count). The summed E-state index contributed by atoms with van der Waals surface area (Å²) < 4.78 is 1.83. The van der Waals surface area contributed by atoms with Crippen LogP contribution in [0.15, 0.2) is 29.2 Å². The summed E-state index contributed by atoms with van der Waals surface area (Å²) in [4.78, 5) is 25.4. The Labute approximate surface area is 117 Å². The van der Waals surface area contributed by atoms with Gasteiger partial charge in [-0.2, -0.15) is 0 Å². The van der Waals surface area contributed by atoms with Crippen LogP contribution in [0.5, 0.6) is 0 Å². The molecule has 0 saturated carbocycles. The van der Waals surface area contributed by atoms with Gasteiger partial charge in [0.25, 0.3) is 0 Å². The van der Waals surface area contributed by atoms with E-state index in [1.807, 2.05) is 42.6 Å². The molecule has 0 fully saturated rings. The minimum atomic E-state index is -1.18. The average Bonchev–Trinajstić information content (AvgIpc) is 2.37. The summed E-state index contributed by atoms with van der Waals surface area (Å²) in [6.07, 6.45) is 1.44. The molecule has 2 aromatic rings. The van der Waals surface area contributed by atoms with Crippen LogP contribution in [0.3, 0.4) is 0 Å². The van der Waals surface area contributed by atoms with Crippen molar-refractivity contribution in [1.29, 1.82) is 0 Å². The molecule has 0 atom stereocenters. The predicted molar refractivity (Wildman–Crippen MR) is 78.5 cm³/mol. The maximum atomic E-state index is 12.2. The van der Waals surface area contributed by atoms with Gasteiger partial charge >= 0.3 is 5.97 Å². The third kappa shape index (κ3) is 2.72. The fraction of sp³-hybridized carbons (Fsp3) is 0.333. The minimum absolute atomic E-state index is 0.179. The minimum Gasteiger partial charge on any atom is -0.477 e. The smallest absolute Gasteiger partial charge is 0.341 e. The van der Waals surface area contributed by atoms with E-state index in [4.69, 9.17) is 0 Å². The van der Waals surface area contributed by atoms with E-state index in [1.165, 1.54) is 6.20 Å². The van der Waals surface area contributed by atoms with E-state index in [1.54, 1.807) is 6.07 Å². The maximum absolute atomic E-state index is 12.2. The molecule has 0 aliphatic heterocycles. The number of fused-ring (bicyclic) bond motifs is 1. The summed E-state index contributed by atoms with van der Waals surface area (Å²) in [5.74, 6) is -1.18. The van der Waals surface area contributed by atoms with Gasteiger partial charge in [0.2, 0.25) is 5.43 Å². The molecule has 5 nitrogen and oxygen atoms in total. The summed E-state index contributed by atoms with van der Waals surface area (Å²) in [6, 6.07) is 5.54. The van der Waals surface area contributed by atoms with Gasteiger partial charge in [0.1, 0.15) is 5.56 Å². The van der Waals surface area contributed by atoms with Crippen LogP contribution >= 0.6 is 0 Å². The molecule has 0 spiro atoms. The molecule has 0 amide bonds. The highest BCUT2D eigenvalue weighted by molar-refractivity contribution is 5.92. The summed E-state index contributed by atoms with van der Waals surface area (Å²) >= 11 is 0. The molecule has 0 saturated heterocycles. The number of carboxylic acids is 1. The van der Waals surface area contributed by atoms with Crippen LogP contribution in [-0.2, 0) is 6.54 Å². The number of hydrogen-bond donors (Lipinski definition) is 1. The zero-order chi connectivity index (χ0) is 14.9. The molecule has 0 bridgehead atoms. The van der Waals surface area contributed by atoms with E-state index in [0.29, 0.717) is 11.9 Å². The molecule has 0 unspecified atom stereocenters. The first-order valence-corrected chi connectivity index (χ1v) is 6.42. The number of carboxylic acid groups (broad SMARTS) is 1. The number of rotatable bonds is 4. The molecule has 1 aromatic heterocycles. The number of carbonyl (C=O) groups is 1. The van der Waals surface area contributed by atoms with Crippen molar-refractivity contribution in [2.75, 3.05) is 20.6 Å². The number of aromatic nitrogens is 1. The van der Waals surface area contributed by atoms with Gasteiger partial charge in [0, 0.05) is 24.7 Å². The highest BCUT2D eigenvalue weighted by Gasteiger charge is 2.14. The molecule has 1 N–H and O–H groups in total. The first kappa shape index (κ1) is 14.3. The van der Waals surface area contributed by atoms with Gasteiger partial charge < -0.3 is 14.6 Å². The number of nitrogens with zero attached hydrogens (tertiary/aromatic N) is 2. The zero-order valence-corrected chi connectivity index (χ0v) is 11.9. The van der Waals surface area contributed by atoms with E-state index in [2.05, 4.69) is 0 Å². The largest absolute Gasteiger partial charge is 0.477 e. The summed E-state index contributed by atoms with van der Waals surface area (Å²) in [5.41, 5.74) is 1.11. The van der Waals surface area contributed by atoms with Gasteiger partial charge in [0.05, 0.1) is 5.52 Å². The molecule has 5 heteroatoms. The van der Waals surface area contributed by atoms with E-state index >= 15 is 0 Å². The van der Waals surface area contributed by atoms with Crippen molar-refractivity contribution in [2.45, 2.75) is 13.5 Å². The van der Waals surface area contributed by atoms with Crippen molar-refractivity contribution in [2.24, 2.45) is 0 Å². The van der Waals surface area contributed by atoms with Gasteiger partial charge in [0.15, 0.2) is 0 Å². The zero-order valence-electron chi connectivity index (χ0n) is 11.9. The van der Waals surface area contributed by atoms with Crippen molar-refractivity contribution >= 4 is 16.9 Å². The Morgan fingerprint density at radius 3 is 2.65 bits per heavy atom. The van der Waals surface area contributed by atoms with Gasteiger partial charge in [-0.15, -0.1) is 0 Å². The van der Waals surface area contributed by atoms with Crippen molar-refractivity contribution in [3.8, 4) is 0 Å². The standard InChI is InChI=1S/C15H18N2O3/c1-10-4-5-13-11(8-10)14(18)12(15(19)20)9-17(13)7-6-16(2)3/h4-5,8-9H,6-7H2,1-3H3,(H,19,20). The molecule has 0 aliphatic rings. The Balaban J connectivity index is 2.69. The lowest BCUT2D eigenvalue weighted by Gasteiger charge is -2.15. The van der Waals surface area contributed by atoms with Crippen molar-refractivity contribution in [1.82, 2.24) is 9.47 Å². The van der Waals surface area contributed by atoms with Crippen molar-refractivity contribution in [3.05, 3.63) is 45.7 Å². The quantitative estimate of drug-likeness (QED) is 0.919. The average molecular weight is 274 g/mol. The number of benzene rings is 1. The second-order valence-electron chi connectivity index (χ2n) is 5.19. The lowest BCUT2D eigenvalue weighted by Crippen LogP contribution is -2.23. The van der Waals surface area contributed by atoms with E-state index in [0.717, 1.165) is 17.6 Å². The Hall–Kier alpha value is -2.14. The van der Waals surface area contributed by atoms with Gasteiger partial charge in [-0.1, -0.05) is 11.6 Å². The van der Waals surface area contributed by atoms with Gasteiger partial charge in [-0.25, -0.2) is 4.79 Å². The van der Waals surface area contributed by atoms with Crippen LogP contribution in [0.2, 0.25) is 0 Å². The van der Waals surface area contributed by atoms with Crippen molar-refractivity contribution in [3.63, 3.8) is 0 Å². The maximum Gasteiger partial charge on any atom is 0.341 e. The van der Waals surface area contributed by atoms with Gasteiger partial charge in [-0.05, 0) is 33.2 Å². The number of aromatic carboxylic acids is 1. The highest BCUT2D eigenvalue weighted by Crippen LogP contribution is 2.14. The number of likely N-dealkylation sites (N-methyl/N-ethyl adjacent to an activating group) is 1. The third-order valence-corrected chi connectivity index (χ3v) is 3.25. The van der Waals surface area contributed by atoms with Gasteiger partial charge in [-0.3, -0.25) is 4.79 Å². The molecular formula is C15H18N2O3. The Kier molecular flexibility index (Phi) is 3.90. The Morgan fingerprint density at radius 2 is 2.05 bits per heavy atom. The number of hydrogen-bond acceptors (Lipinski definition) is 3. The molecule has 106 valence electrons. The predicted octanol–water partition coefficient (Wildman–Crippen LogP) is 1.57. The second-order valence-corrected chi connectivity index (χ2v) is 5.19. The lowest BCUT2D eigenvalue weighted by atomic mass is 10.1. The lowest BCUT2D eigenvalue weighted by molar-refractivity contribution is 0.0695. The molecule has 1 aromatic carbocycles. The number of aryl methyl sites for hydroxylation is 1. The van der Waals surface area contributed by atoms with E-state index in [9.17, 15) is 14.7 Å². The summed E-state index contributed by atoms with van der Waals surface area (Å²) in [5, 5.41) is 9.63. The molecule has 1 heterocycles. The van der Waals surface area contributed by atoms with Crippen LogP contribution in [0.25, 0.3) is 10.9 Å². The number of pyridine rings is 1. The summed E-state index contributed by atoms with van der Waals surface area (Å²) in [7, 11) is 3.90. The normalized spacial score (nSPS) is 11.2. The van der Waals surface area contributed by atoms with Crippen LogP contribution in [0, 0.1) is 6.92 Å². The van der Waals surface area contributed by atoms with Crippen LogP contribution in [0.1, 0.15) is 15.9 Å². The first-order valence-electron chi connectivity index (χ1n) is 6.42. The van der Waals surface area contributed by atoms with Crippen molar-refractivity contribution < 1.29 is 9.90 Å². The van der Waals surface area contributed by atoms with Crippen LogP contribution in [0.4, 0.5) is 0 Å². The molecular weight excluding hydrogens is 256 g/mol. The second kappa shape index (κ2) is 5.46. The van der Waals surface area contributed by atoms with E-state index in [-0.39, 0.29) is 5.56 Å². The summed E-state index contributed by atoms with van der Waals surface area (Å²) in [6.45, 7) is 3.29.